The number of rotatable bonds is 6. The van der Waals surface area contributed by atoms with E-state index in [-0.39, 0.29) is 12.3 Å². The molecule has 1 saturated carbocycles. The third-order valence-corrected chi connectivity index (χ3v) is 7.12. The van der Waals surface area contributed by atoms with Gasteiger partial charge in [-0.1, -0.05) is 6.07 Å². The minimum atomic E-state index is -1.06. The number of anilines is 1. The summed E-state index contributed by atoms with van der Waals surface area (Å²) in [6, 6.07) is 8.08. The van der Waals surface area contributed by atoms with Crippen molar-refractivity contribution in [2.24, 2.45) is 0 Å². The molecule has 0 bridgehead atoms. The molecule has 2 unspecified atom stereocenters. The van der Waals surface area contributed by atoms with Crippen molar-refractivity contribution in [1.29, 1.82) is 5.41 Å². The van der Waals surface area contributed by atoms with Gasteiger partial charge in [-0.05, 0) is 83.8 Å². The Hall–Kier alpha value is -1.83. The lowest BCUT2D eigenvalue weighted by molar-refractivity contribution is 0.0343. The van der Waals surface area contributed by atoms with E-state index in [1.165, 1.54) is 6.21 Å². The summed E-state index contributed by atoms with van der Waals surface area (Å²) in [5.74, 6) is 0. The van der Waals surface area contributed by atoms with Crippen LogP contribution in [-0.4, -0.2) is 47.7 Å². The highest BCUT2D eigenvalue weighted by molar-refractivity contribution is 9.10. The third-order valence-electron chi connectivity index (χ3n) is 6.65. The highest BCUT2D eigenvalue weighted by Gasteiger charge is 2.46. The summed E-state index contributed by atoms with van der Waals surface area (Å²) in [4.78, 5) is 6.90. The summed E-state index contributed by atoms with van der Waals surface area (Å²) in [7, 11) is 0. The van der Waals surface area contributed by atoms with Crippen molar-refractivity contribution in [2.45, 2.75) is 56.5 Å². The second-order valence-electron chi connectivity index (χ2n) is 8.91. The lowest BCUT2D eigenvalue weighted by atomic mass is 9.86. The van der Waals surface area contributed by atoms with Crippen LogP contribution < -0.4 is 5.32 Å². The molecule has 2 fully saturated rings. The van der Waals surface area contributed by atoms with Crippen molar-refractivity contribution >= 4 is 27.8 Å². The van der Waals surface area contributed by atoms with Crippen molar-refractivity contribution in [3.05, 3.63) is 57.3 Å². The van der Waals surface area contributed by atoms with E-state index in [1.54, 1.807) is 6.20 Å². The first-order valence-corrected chi connectivity index (χ1v) is 11.9. The lowest BCUT2D eigenvalue weighted by Gasteiger charge is -2.39. The molecule has 2 N–H and O–H groups in total. The highest BCUT2D eigenvalue weighted by atomic mass is 79.9. The van der Waals surface area contributed by atoms with Crippen LogP contribution in [0.25, 0.3) is 0 Å². The Bertz CT molecular complexity index is 957. The average molecular weight is 487 g/mol. The predicted molar refractivity (Wildman–Crippen MR) is 124 cm³/mol. The van der Waals surface area contributed by atoms with E-state index in [9.17, 15) is 4.39 Å². The summed E-state index contributed by atoms with van der Waals surface area (Å²) in [6.45, 7) is 1.97. The molecule has 5 nitrogen and oxygen atoms in total. The molecule has 3 aliphatic rings. The molecule has 0 spiro atoms. The molecule has 2 atom stereocenters. The van der Waals surface area contributed by atoms with Crippen LogP contribution in [-0.2, 0) is 11.2 Å². The van der Waals surface area contributed by atoms with Crippen LogP contribution in [0.3, 0.4) is 0 Å². The molecule has 164 valence electrons. The molecular weight excluding hydrogens is 459 g/mol. The number of alkyl halides is 1. The van der Waals surface area contributed by atoms with Crippen molar-refractivity contribution in [3.63, 3.8) is 0 Å². The van der Waals surface area contributed by atoms with Gasteiger partial charge in [-0.2, -0.15) is 0 Å². The molecule has 2 aliphatic heterocycles. The maximum absolute atomic E-state index is 14.8. The number of fused-ring (bicyclic) bond motifs is 1. The fourth-order valence-corrected chi connectivity index (χ4v) is 5.07. The lowest BCUT2D eigenvalue weighted by Crippen LogP contribution is -2.41. The second-order valence-corrected chi connectivity index (χ2v) is 9.83. The number of nitrogens with zero attached hydrogens (tertiary/aromatic N) is 2. The van der Waals surface area contributed by atoms with Crippen LogP contribution in [0, 0.1) is 5.41 Å². The molecule has 0 radical (unpaired) electrons. The van der Waals surface area contributed by atoms with Gasteiger partial charge < -0.3 is 15.5 Å². The number of hydrogen-bond donors (Lipinski definition) is 2. The molecule has 3 heterocycles. The SMILES string of the molecule is N=Cc1c(NC2CCCCO2)ccc2c1CCN(CC1(F)CC1)C2c1ccc(Br)cn1. The summed E-state index contributed by atoms with van der Waals surface area (Å²) in [5.41, 5.74) is 4.00. The zero-order valence-corrected chi connectivity index (χ0v) is 19.1. The van der Waals surface area contributed by atoms with Gasteiger partial charge in [0.15, 0.2) is 0 Å². The number of nitrogens with one attached hydrogen (secondary N) is 2. The molecule has 1 aromatic carbocycles. The van der Waals surface area contributed by atoms with Gasteiger partial charge in [-0.25, -0.2) is 4.39 Å². The molecule has 2 aromatic rings. The van der Waals surface area contributed by atoms with Gasteiger partial charge in [-0.3, -0.25) is 9.88 Å². The van der Waals surface area contributed by atoms with Gasteiger partial charge in [0.25, 0.3) is 0 Å². The van der Waals surface area contributed by atoms with E-state index in [0.29, 0.717) is 19.4 Å². The fraction of sp³-hybridized carbons (Fsp3) is 0.500. The van der Waals surface area contributed by atoms with E-state index in [0.717, 1.165) is 71.4 Å². The van der Waals surface area contributed by atoms with Crippen LogP contribution in [0.4, 0.5) is 10.1 Å². The van der Waals surface area contributed by atoms with Crippen LogP contribution in [0.5, 0.6) is 0 Å². The topological polar surface area (TPSA) is 61.2 Å². The molecule has 1 aromatic heterocycles. The summed E-state index contributed by atoms with van der Waals surface area (Å²) >= 11 is 3.47. The van der Waals surface area contributed by atoms with Gasteiger partial charge in [0.1, 0.15) is 11.9 Å². The Morgan fingerprint density at radius 3 is 2.84 bits per heavy atom. The van der Waals surface area contributed by atoms with Crippen LogP contribution in [0.15, 0.2) is 34.9 Å². The Morgan fingerprint density at radius 2 is 2.16 bits per heavy atom. The monoisotopic (exact) mass is 486 g/mol. The van der Waals surface area contributed by atoms with Gasteiger partial charge >= 0.3 is 0 Å². The minimum absolute atomic E-state index is 0.00390. The Balaban J connectivity index is 1.52. The second kappa shape index (κ2) is 8.60. The van der Waals surface area contributed by atoms with E-state index in [1.807, 2.05) is 12.1 Å². The molecular formula is C24H28BrFN4O. The summed E-state index contributed by atoms with van der Waals surface area (Å²) < 4.78 is 21.5. The largest absolute Gasteiger partial charge is 0.360 e. The Morgan fingerprint density at radius 1 is 1.29 bits per heavy atom. The van der Waals surface area contributed by atoms with E-state index in [4.69, 9.17) is 10.1 Å². The summed E-state index contributed by atoms with van der Waals surface area (Å²) in [6.07, 6.45) is 8.57. The number of aromatic nitrogens is 1. The van der Waals surface area contributed by atoms with E-state index >= 15 is 0 Å². The number of pyridine rings is 1. The fourth-order valence-electron chi connectivity index (χ4n) is 4.84. The first-order chi connectivity index (χ1) is 15.1. The smallest absolute Gasteiger partial charge is 0.127 e. The van der Waals surface area contributed by atoms with Crippen molar-refractivity contribution in [1.82, 2.24) is 9.88 Å². The van der Waals surface area contributed by atoms with Crippen LogP contribution in [0.2, 0.25) is 0 Å². The predicted octanol–water partition coefficient (Wildman–Crippen LogP) is 5.23. The zero-order valence-electron chi connectivity index (χ0n) is 17.5. The summed E-state index contributed by atoms with van der Waals surface area (Å²) in [5, 5.41) is 11.6. The maximum atomic E-state index is 14.8. The van der Waals surface area contributed by atoms with Crippen molar-refractivity contribution in [2.75, 3.05) is 25.0 Å². The Labute approximate surface area is 191 Å². The standard InChI is InChI=1S/C24H28BrFN4O/c25-16-4-6-21(28-14-16)23-18-5-7-20(29-22-3-1-2-12-31-22)19(13-27)17(18)8-11-30(23)15-24(26)9-10-24/h4-7,13-14,22-23,27,29H,1-3,8-12,15H2. The number of benzene rings is 1. The minimum Gasteiger partial charge on any atom is -0.360 e. The molecule has 5 rings (SSSR count). The first-order valence-electron chi connectivity index (χ1n) is 11.2. The van der Waals surface area contributed by atoms with Crippen LogP contribution >= 0.6 is 15.9 Å². The van der Waals surface area contributed by atoms with Crippen molar-refractivity contribution < 1.29 is 9.13 Å². The molecule has 0 amide bonds. The first kappa shape index (κ1) is 21.0. The van der Waals surface area contributed by atoms with E-state index < -0.39 is 5.67 Å². The zero-order chi connectivity index (χ0) is 21.4. The third kappa shape index (κ3) is 4.41. The molecule has 1 aliphatic carbocycles. The van der Waals surface area contributed by atoms with Crippen LogP contribution in [0.1, 0.15) is 60.5 Å². The maximum Gasteiger partial charge on any atom is 0.127 e. The number of hydrogen-bond acceptors (Lipinski definition) is 5. The Kier molecular flexibility index (Phi) is 5.84. The van der Waals surface area contributed by atoms with Gasteiger partial charge in [0.2, 0.25) is 0 Å². The van der Waals surface area contributed by atoms with E-state index in [2.05, 4.69) is 43.3 Å². The molecule has 7 heteroatoms. The highest BCUT2D eigenvalue weighted by Crippen LogP contribution is 2.45. The molecule has 1 saturated heterocycles. The normalized spacial score (nSPS) is 25.0. The molecule has 31 heavy (non-hydrogen) atoms. The number of ether oxygens (including phenoxy) is 1. The average Bonchev–Trinajstić information content (AvgIpc) is 3.51. The van der Waals surface area contributed by atoms with Gasteiger partial charge in [-0.15, -0.1) is 0 Å². The quantitative estimate of drug-likeness (QED) is 0.548. The van der Waals surface area contributed by atoms with Crippen molar-refractivity contribution in [3.8, 4) is 0 Å². The van der Waals surface area contributed by atoms with Gasteiger partial charge in [0.05, 0.1) is 11.7 Å². The number of halogens is 2. The van der Waals surface area contributed by atoms with Gasteiger partial charge in [0, 0.05) is 47.8 Å².